The first-order valence-corrected chi connectivity index (χ1v) is 7.14. The number of ether oxygens (including phenoxy) is 1. The molecule has 0 saturated heterocycles. The number of hydrogen-bond donors (Lipinski definition) is 2. The number of aryl methyl sites for hydroxylation is 2. The largest absolute Gasteiger partial charge is 0.491 e. The fourth-order valence-electron chi connectivity index (χ4n) is 2.31. The second-order valence-electron chi connectivity index (χ2n) is 5.03. The Hall–Kier alpha value is -2.34. The van der Waals surface area contributed by atoms with Gasteiger partial charge in [0.1, 0.15) is 12.4 Å². The quantitative estimate of drug-likeness (QED) is 0.844. The molecule has 2 N–H and O–H groups in total. The molecule has 0 fully saturated rings. The number of nitrogens with one attached hydrogen (secondary N) is 1. The minimum Gasteiger partial charge on any atom is -0.491 e. The highest BCUT2D eigenvalue weighted by molar-refractivity contribution is 5.96. The van der Waals surface area contributed by atoms with Gasteiger partial charge in [-0.1, -0.05) is 18.2 Å². The Morgan fingerprint density at radius 1 is 1.36 bits per heavy atom. The van der Waals surface area contributed by atoms with Crippen LogP contribution in [0.5, 0.6) is 5.75 Å². The van der Waals surface area contributed by atoms with Crippen molar-refractivity contribution in [3.8, 4) is 5.75 Å². The summed E-state index contributed by atoms with van der Waals surface area (Å²) in [5, 5.41) is 16.0. The normalized spacial score (nSPS) is 10.5. The van der Waals surface area contributed by atoms with E-state index in [4.69, 9.17) is 9.84 Å². The van der Waals surface area contributed by atoms with Gasteiger partial charge in [0.15, 0.2) is 0 Å². The first-order chi connectivity index (χ1) is 10.5. The Morgan fingerprint density at radius 2 is 2.09 bits per heavy atom. The molecule has 0 aliphatic heterocycles. The van der Waals surface area contributed by atoms with Crippen molar-refractivity contribution in [3.05, 3.63) is 46.8 Å². The van der Waals surface area contributed by atoms with Crippen LogP contribution in [0.15, 0.2) is 24.3 Å². The van der Waals surface area contributed by atoms with Gasteiger partial charge in [0.25, 0.3) is 5.91 Å². The predicted octanol–water partition coefficient (Wildman–Crippen LogP) is 1.34. The van der Waals surface area contributed by atoms with Gasteiger partial charge < -0.3 is 15.2 Å². The summed E-state index contributed by atoms with van der Waals surface area (Å²) in [6, 6.07) is 7.44. The third kappa shape index (κ3) is 3.46. The fourth-order valence-corrected chi connectivity index (χ4v) is 2.31. The van der Waals surface area contributed by atoms with E-state index in [1.54, 1.807) is 4.68 Å². The van der Waals surface area contributed by atoms with Gasteiger partial charge in [-0.25, -0.2) is 0 Å². The Bertz CT molecular complexity index is 665. The molecule has 2 rings (SSSR count). The van der Waals surface area contributed by atoms with Crippen molar-refractivity contribution in [2.24, 2.45) is 7.05 Å². The number of amides is 1. The van der Waals surface area contributed by atoms with Gasteiger partial charge in [0.2, 0.25) is 0 Å². The van der Waals surface area contributed by atoms with Gasteiger partial charge in [0, 0.05) is 24.8 Å². The predicted molar refractivity (Wildman–Crippen MR) is 82.9 cm³/mol. The van der Waals surface area contributed by atoms with Crippen LogP contribution in [0.4, 0.5) is 0 Å². The second kappa shape index (κ2) is 7.09. The number of aliphatic hydroxyl groups is 1. The number of carbonyl (C=O) groups is 1. The number of benzene rings is 1. The lowest BCUT2D eigenvalue weighted by Crippen LogP contribution is -2.24. The van der Waals surface area contributed by atoms with Gasteiger partial charge in [-0.2, -0.15) is 5.10 Å². The third-order valence-electron chi connectivity index (χ3n) is 3.50. The summed E-state index contributed by atoms with van der Waals surface area (Å²) in [6.07, 6.45) is 0. The smallest absolute Gasteiger partial charge is 0.255 e. The Morgan fingerprint density at radius 3 is 2.73 bits per heavy atom. The minimum atomic E-state index is -0.153. The van der Waals surface area contributed by atoms with Gasteiger partial charge in [0.05, 0.1) is 17.9 Å². The van der Waals surface area contributed by atoms with Crippen molar-refractivity contribution in [1.29, 1.82) is 0 Å². The Balaban J connectivity index is 2.08. The summed E-state index contributed by atoms with van der Waals surface area (Å²) in [4.78, 5) is 12.4. The maximum Gasteiger partial charge on any atom is 0.255 e. The molecule has 2 aromatic rings. The van der Waals surface area contributed by atoms with E-state index in [0.29, 0.717) is 23.6 Å². The Labute approximate surface area is 129 Å². The zero-order valence-corrected chi connectivity index (χ0v) is 13.1. The molecule has 0 radical (unpaired) electrons. The van der Waals surface area contributed by atoms with Crippen molar-refractivity contribution < 1.29 is 14.6 Å². The molecule has 1 heterocycles. The van der Waals surface area contributed by atoms with E-state index in [-0.39, 0.29) is 19.1 Å². The van der Waals surface area contributed by atoms with E-state index in [1.165, 1.54) is 0 Å². The standard InChI is InChI=1S/C16H21N3O3/c1-11-15(12(2)19(3)18-11)16(21)17-10-13-6-4-5-7-14(13)22-9-8-20/h4-7,20H,8-10H2,1-3H3,(H,17,21). The molecule has 6 heteroatoms. The molecule has 0 unspecified atom stereocenters. The summed E-state index contributed by atoms with van der Waals surface area (Å²) in [7, 11) is 1.82. The highest BCUT2D eigenvalue weighted by Gasteiger charge is 2.17. The number of aromatic nitrogens is 2. The van der Waals surface area contributed by atoms with Gasteiger partial charge in [-0.3, -0.25) is 9.48 Å². The number of rotatable bonds is 6. The highest BCUT2D eigenvalue weighted by Crippen LogP contribution is 2.18. The van der Waals surface area contributed by atoms with Crippen molar-refractivity contribution in [2.45, 2.75) is 20.4 Å². The minimum absolute atomic E-state index is 0.0469. The Kier molecular flexibility index (Phi) is 5.16. The maximum atomic E-state index is 12.4. The first kappa shape index (κ1) is 16.0. The second-order valence-corrected chi connectivity index (χ2v) is 5.03. The van der Waals surface area contributed by atoms with E-state index in [0.717, 1.165) is 11.3 Å². The molecule has 0 aliphatic rings. The average Bonchev–Trinajstić information content (AvgIpc) is 2.76. The molecule has 0 spiro atoms. The van der Waals surface area contributed by atoms with Crippen LogP contribution in [-0.2, 0) is 13.6 Å². The fraction of sp³-hybridized carbons (Fsp3) is 0.375. The summed E-state index contributed by atoms with van der Waals surface area (Å²) in [6.45, 7) is 4.22. The molecule has 118 valence electrons. The summed E-state index contributed by atoms with van der Waals surface area (Å²) in [5.41, 5.74) is 3.02. The maximum absolute atomic E-state index is 12.4. The monoisotopic (exact) mass is 303 g/mol. The molecule has 1 aromatic heterocycles. The van der Waals surface area contributed by atoms with Crippen molar-refractivity contribution in [1.82, 2.24) is 15.1 Å². The third-order valence-corrected chi connectivity index (χ3v) is 3.50. The van der Waals surface area contributed by atoms with E-state index in [1.807, 2.05) is 45.2 Å². The highest BCUT2D eigenvalue weighted by atomic mass is 16.5. The molecule has 0 saturated carbocycles. The number of nitrogens with zero attached hydrogens (tertiary/aromatic N) is 2. The zero-order chi connectivity index (χ0) is 16.1. The molecule has 0 atom stereocenters. The summed E-state index contributed by atoms with van der Waals surface area (Å²) in [5.74, 6) is 0.511. The number of aliphatic hydroxyl groups excluding tert-OH is 1. The lowest BCUT2D eigenvalue weighted by molar-refractivity contribution is 0.0949. The van der Waals surface area contributed by atoms with Crippen LogP contribution in [0, 0.1) is 13.8 Å². The van der Waals surface area contributed by atoms with E-state index in [9.17, 15) is 4.79 Å². The lowest BCUT2D eigenvalue weighted by atomic mass is 10.1. The molecule has 0 aliphatic carbocycles. The van der Waals surface area contributed by atoms with Crippen LogP contribution in [0.2, 0.25) is 0 Å². The van der Waals surface area contributed by atoms with Crippen LogP contribution < -0.4 is 10.1 Å². The molecule has 1 aromatic carbocycles. The lowest BCUT2D eigenvalue weighted by Gasteiger charge is -2.11. The zero-order valence-electron chi connectivity index (χ0n) is 13.1. The van der Waals surface area contributed by atoms with Crippen LogP contribution >= 0.6 is 0 Å². The van der Waals surface area contributed by atoms with Crippen LogP contribution in [0.1, 0.15) is 27.3 Å². The SMILES string of the molecule is Cc1nn(C)c(C)c1C(=O)NCc1ccccc1OCCO. The van der Waals surface area contributed by atoms with Crippen LogP contribution in [-0.4, -0.2) is 34.0 Å². The van der Waals surface area contributed by atoms with E-state index < -0.39 is 0 Å². The van der Waals surface area contributed by atoms with Crippen LogP contribution in [0.25, 0.3) is 0 Å². The van der Waals surface area contributed by atoms with Gasteiger partial charge in [-0.15, -0.1) is 0 Å². The topological polar surface area (TPSA) is 76.4 Å². The van der Waals surface area contributed by atoms with Crippen LogP contribution in [0.3, 0.4) is 0 Å². The van der Waals surface area contributed by atoms with Gasteiger partial charge in [-0.05, 0) is 19.9 Å². The first-order valence-electron chi connectivity index (χ1n) is 7.14. The summed E-state index contributed by atoms with van der Waals surface area (Å²) < 4.78 is 7.16. The van der Waals surface area contributed by atoms with Crippen molar-refractivity contribution in [3.63, 3.8) is 0 Å². The average molecular weight is 303 g/mol. The summed E-state index contributed by atoms with van der Waals surface area (Å²) >= 11 is 0. The van der Waals surface area contributed by atoms with Crippen molar-refractivity contribution in [2.75, 3.05) is 13.2 Å². The molecule has 6 nitrogen and oxygen atoms in total. The number of hydrogen-bond acceptors (Lipinski definition) is 4. The molecule has 22 heavy (non-hydrogen) atoms. The molecule has 1 amide bonds. The van der Waals surface area contributed by atoms with E-state index >= 15 is 0 Å². The van der Waals surface area contributed by atoms with Gasteiger partial charge >= 0.3 is 0 Å². The number of carbonyl (C=O) groups excluding carboxylic acids is 1. The molecular formula is C16H21N3O3. The molecular weight excluding hydrogens is 282 g/mol. The van der Waals surface area contributed by atoms with E-state index in [2.05, 4.69) is 10.4 Å². The van der Waals surface area contributed by atoms with Crippen molar-refractivity contribution >= 4 is 5.91 Å². The molecule has 0 bridgehead atoms. The number of para-hydroxylation sites is 1.